The highest BCUT2D eigenvalue weighted by Gasteiger charge is 2.12. The highest BCUT2D eigenvalue weighted by Crippen LogP contribution is 2.27. The Morgan fingerprint density at radius 1 is 1.14 bits per heavy atom. The third kappa shape index (κ3) is 2.30. The van der Waals surface area contributed by atoms with Gasteiger partial charge in [0.15, 0.2) is 5.69 Å². The molecule has 104 valence electrons. The first kappa shape index (κ1) is 13.5. The van der Waals surface area contributed by atoms with E-state index in [4.69, 9.17) is 5.53 Å². The summed E-state index contributed by atoms with van der Waals surface area (Å²) in [4.78, 5) is 11.1. The smallest absolute Gasteiger partial charge is 0.167 e. The summed E-state index contributed by atoms with van der Waals surface area (Å²) >= 11 is 0. The molecule has 0 fully saturated rings. The van der Waals surface area contributed by atoms with Gasteiger partial charge in [-0.3, -0.25) is 0 Å². The normalized spacial score (nSPS) is 10.0. The second kappa shape index (κ2) is 5.48. The van der Waals surface area contributed by atoms with Crippen molar-refractivity contribution >= 4 is 16.7 Å². The molecule has 3 aromatic rings. The van der Waals surface area contributed by atoms with Crippen molar-refractivity contribution in [3.05, 3.63) is 64.4 Å². The molecule has 6 nitrogen and oxygen atoms in total. The molecule has 0 saturated carbocycles. The van der Waals surface area contributed by atoms with Gasteiger partial charge in [-0.1, -0.05) is 35.4 Å². The van der Waals surface area contributed by atoms with Gasteiger partial charge in [0.25, 0.3) is 0 Å². The Morgan fingerprint density at radius 3 is 2.55 bits per heavy atom. The summed E-state index contributed by atoms with van der Waals surface area (Å²) in [6.45, 7) is 0. The first-order valence-corrected chi connectivity index (χ1v) is 6.25. The molecular weight excluding hydrogens is 283 g/mol. The predicted octanol–water partition coefficient (Wildman–Crippen LogP) is 4.25. The number of halogens is 1. The average Bonchev–Trinajstić information content (AvgIpc) is 2.55. The van der Waals surface area contributed by atoms with Crippen LogP contribution >= 0.6 is 0 Å². The van der Waals surface area contributed by atoms with E-state index >= 15 is 0 Å². The van der Waals surface area contributed by atoms with E-state index in [1.165, 1.54) is 6.07 Å². The summed E-state index contributed by atoms with van der Waals surface area (Å²) in [6, 6.07) is 13.5. The third-order valence-corrected chi connectivity index (χ3v) is 3.04. The largest absolute Gasteiger partial charge is 0.243 e. The fourth-order valence-electron chi connectivity index (χ4n) is 2.07. The lowest BCUT2D eigenvalue weighted by Crippen LogP contribution is -1.96. The molecule has 2 aromatic carbocycles. The summed E-state index contributed by atoms with van der Waals surface area (Å²) in [5.41, 5.74) is 10.1. The van der Waals surface area contributed by atoms with Gasteiger partial charge in [-0.15, -0.1) is 0 Å². The van der Waals surface area contributed by atoms with Gasteiger partial charge < -0.3 is 0 Å². The van der Waals surface area contributed by atoms with Crippen molar-refractivity contribution in [1.82, 2.24) is 9.97 Å². The summed E-state index contributed by atoms with van der Waals surface area (Å²) in [5.74, 6) is -0.712. The summed E-state index contributed by atoms with van der Waals surface area (Å²) in [6.07, 6.45) is 0. The van der Waals surface area contributed by atoms with Crippen LogP contribution in [0.5, 0.6) is 0 Å². The average molecular weight is 290 g/mol. The van der Waals surface area contributed by atoms with E-state index in [0.29, 0.717) is 11.2 Å². The molecule has 1 aromatic heterocycles. The monoisotopic (exact) mass is 290 g/mol. The van der Waals surface area contributed by atoms with Crippen molar-refractivity contribution in [2.75, 3.05) is 0 Å². The van der Waals surface area contributed by atoms with Crippen LogP contribution in [0.15, 0.2) is 47.6 Å². The van der Waals surface area contributed by atoms with Crippen LogP contribution < -0.4 is 0 Å². The van der Waals surface area contributed by atoms with Crippen molar-refractivity contribution in [3.63, 3.8) is 0 Å². The number of hydrogen-bond acceptors (Lipinski definition) is 4. The van der Waals surface area contributed by atoms with Gasteiger partial charge in [-0.25, -0.2) is 14.4 Å². The third-order valence-electron chi connectivity index (χ3n) is 3.04. The van der Waals surface area contributed by atoms with Crippen LogP contribution in [0.1, 0.15) is 5.69 Å². The van der Waals surface area contributed by atoms with E-state index in [2.05, 4.69) is 20.0 Å². The highest BCUT2D eigenvalue weighted by molar-refractivity contribution is 5.82. The lowest BCUT2D eigenvalue weighted by Gasteiger charge is -2.06. The van der Waals surface area contributed by atoms with Crippen LogP contribution in [-0.2, 0) is 0 Å². The first-order valence-electron chi connectivity index (χ1n) is 6.25. The Kier molecular flexibility index (Phi) is 3.36. The molecule has 7 heteroatoms. The summed E-state index contributed by atoms with van der Waals surface area (Å²) in [7, 11) is 0. The van der Waals surface area contributed by atoms with E-state index in [1.807, 2.05) is 24.3 Å². The maximum atomic E-state index is 13.8. The maximum Gasteiger partial charge on any atom is 0.167 e. The summed E-state index contributed by atoms with van der Waals surface area (Å²) < 4.78 is 13.8. The van der Waals surface area contributed by atoms with E-state index in [0.717, 1.165) is 11.6 Å². The Labute approximate surface area is 124 Å². The van der Waals surface area contributed by atoms with Gasteiger partial charge in [0.05, 0.1) is 16.7 Å². The highest BCUT2D eigenvalue weighted by atomic mass is 19.1. The van der Waals surface area contributed by atoms with E-state index in [1.54, 1.807) is 12.1 Å². The van der Waals surface area contributed by atoms with Crippen molar-refractivity contribution in [2.24, 2.45) is 5.11 Å². The van der Waals surface area contributed by atoms with Crippen LogP contribution in [0.2, 0.25) is 0 Å². The molecule has 0 radical (unpaired) electrons. The molecule has 3 rings (SSSR count). The topological polar surface area (TPSA) is 98.3 Å². The fourth-order valence-corrected chi connectivity index (χ4v) is 2.07. The molecule has 0 amide bonds. The number of benzene rings is 2. The minimum absolute atomic E-state index is 0.106. The molecule has 0 aliphatic carbocycles. The molecule has 0 atom stereocenters. The number of fused-ring (bicyclic) bond motifs is 1. The van der Waals surface area contributed by atoms with E-state index in [9.17, 15) is 9.65 Å². The van der Waals surface area contributed by atoms with E-state index < -0.39 is 5.82 Å². The zero-order valence-corrected chi connectivity index (χ0v) is 11.1. The lowest BCUT2D eigenvalue weighted by atomic mass is 10.1. The van der Waals surface area contributed by atoms with E-state index in [-0.39, 0.29) is 16.9 Å². The van der Waals surface area contributed by atoms with Crippen LogP contribution in [0.25, 0.3) is 32.7 Å². The van der Waals surface area contributed by atoms with Crippen molar-refractivity contribution < 1.29 is 4.39 Å². The number of aromatic nitrogens is 2. The minimum atomic E-state index is -0.712. The molecule has 22 heavy (non-hydrogen) atoms. The van der Waals surface area contributed by atoms with Crippen molar-refractivity contribution in [1.29, 1.82) is 5.26 Å². The fraction of sp³-hybridized carbons (Fsp3) is 0. The molecule has 0 aliphatic heterocycles. The van der Waals surface area contributed by atoms with Gasteiger partial charge in [-0.05, 0) is 11.6 Å². The Morgan fingerprint density at radius 2 is 1.86 bits per heavy atom. The Balaban J connectivity index is 2.32. The first-order chi connectivity index (χ1) is 10.7. The zero-order chi connectivity index (χ0) is 15.5. The van der Waals surface area contributed by atoms with Gasteiger partial charge in [0.2, 0.25) is 0 Å². The second-order valence-corrected chi connectivity index (χ2v) is 4.38. The molecular formula is C15H7FN6. The van der Waals surface area contributed by atoms with Crippen LogP contribution in [-0.4, -0.2) is 9.97 Å². The Bertz CT molecular complexity index is 955. The second-order valence-electron chi connectivity index (χ2n) is 4.38. The molecule has 1 heterocycles. The van der Waals surface area contributed by atoms with Gasteiger partial charge in [0, 0.05) is 16.5 Å². The van der Waals surface area contributed by atoms with Crippen LogP contribution in [0.4, 0.5) is 10.1 Å². The SMILES string of the molecule is N#Cc1nc2cc(F)c(N=[N+]=[N-])cc2nc1-c1ccccc1. The molecule has 0 aliphatic rings. The molecule has 0 N–H and O–H groups in total. The molecule has 0 spiro atoms. The number of nitrogens with zero attached hydrogens (tertiary/aromatic N) is 6. The number of azide groups is 1. The zero-order valence-electron chi connectivity index (χ0n) is 11.1. The van der Waals surface area contributed by atoms with Crippen LogP contribution in [0.3, 0.4) is 0 Å². The Hall–Kier alpha value is -3.49. The predicted molar refractivity (Wildman–Crippen MR) is 78.5 cm³/mol. The van der Waals surface area contributed by atoms with Gasteiger partial charge >= 0.3 is 0 Å². The van der Waals surface area contributed by atoms with Crippen molar-refractivity contribution in [3.8, 4) is 17.3 Å². The van der Waals surface area contributed by atoms with Gasteiger partial charge in [0.1, 0.15) is 17.6 Å². The van der Waals surface area contributed by atoms with Crippen LogP contribution in [0, 0.1) is 17.1 Å². The standard InChI is InChI=1S/C15H7FN6/c16-10-6-12-13(7-11(10)21-22-18)20-15(14(8-17)19-12)9-4-2-1-3-5-9/h1-7H. The van der Waals surface area contributed by atoms with Gasteiger partial charge in [-0.2, -0.15) is 5.26 Å². The molecule has 0 bridgehead atoms. The number of hydrogen-bond donors (Lipinski definition) is 0. The number of nitriles is 1. The molecule has 0 saturated heterocycles. The number of rotatable bonds is 2. The van der Waals surface area contributed by atoms with Crippen molar-refractivity contribution in [2.45, 2.75) is 0 Å². The minimum Gasteiger partial charge on any atom is -0.243 e. The lowest BCUT2D eigenvalue weighted by molar-refractivity contribution is 0.631. The quantitative estimate of drug-likeness (QED) is 0.400. The summed E-state index contributed by atoms with van der Waals surface area (Å²) in [5, 5.41) is 12.5. The maximum absolute atomic E-state index is 13.8. The molecule has 0 unspecified atom stereocenters.